The van der Waals surface area contributed by atoms with Gasteiger partial charge in [-0.1, -0.05) is 23.7 Å². The average Bonchev–Trinajstić information content (AvgIpc) is 3.22. The summed E-state index contributed by atoms with van der Waals surface area (Å²) in [6.07, 6.45) is 7.51. The number of nitriles is 1. The number of imidazole rings is 1. The van der Waals surface area contributed by atoms with Gasteiger partial charge in [0, 0.05) is 43.3 Å². The first-order valence-electron chi connectivity index (χ1n) is 9.47. The summed E-state index contributed by atoms with van der Waals surface area (Å²) in [5.74, 6) is 1.06. The molecule has 0 saturated carbocycles. The van der Waals surface area contributed by atoms with Gasteiger partial charge in [0.25, 0.3) is 5.56 Å². The lowest BCUT2D eigenvalue weighted by molar-refractivity contribution is 0.413. The first-order valence-corrected chi connectivity index (χ1v) is 9.84. The van der Waals surface area contributed by atoms with E-state index in [-0.39, 0.29) is 5.56 Å². The minimum Gasteiger partial charge on any atom is -0.495 e. The van der Waals surface area contributed by atoms with Crippen molar-refractivity contribution in [3.63, 3.8) is 0 Å². The Morgan fingerprint density at radius 1 is 1.13 bits per heavy atom. The molecule has 31 heavy (non-hydrogen) atoms. The first kappa shape index (κ1) is 20.4. The third kappa shape index (κ3) is 4.49. The van der Waals surface area contributed by atoms with Gasteiger partial charge in [-0.15, -0.1) is 0 Å². The van der Waals surface area contributed by atoms with Crippen LogP contribution in [0.3, 0.4) is 0 Å². The minimum atomic E-state index is -0.194. The summed E-state index contributed by atoms with van der Waals surface area (Å²) in [6, 6.07) is 14.3. The molecule has 0 spiro atoms. The number of aromatic nitrogens is 4. The molecular weight excluding hydrogens is 414 g/mol. The Balaban J connectivity index is 1.53. The molecule has 4 aromatic rings. The molecule has 7 nitrogen and oxygen atoms in total. The lowest BCUT2D eigenvalue weighted by Crippen LogP contribution is -2.17. The van der Waals surface area contributed by atoms with Crippen molar-refractivity contribution in [2.24, 2.45) is 0 Å². The monoisotopic (exact) mass is 431 g/mol. The molecule has 0 aliphatic heterocycles. The molecule has 8 heteroatoms. The smallest absolute Gasteiger partial charge is 0.256 e. The average molecular weight is 432 g/mol. The summed E-state index contributed by atoms with van der Waals surface area (Å²) in [6.45, 7) is 0.598. The Kier molecular flexibility index (Phi) is 5.83. The van der Waals surface area contributed by atoms with Gasteiger partial charge in [-0.25, -0.2) is 9.97 Å². The zero-order valence-corrected chi connectivity index (χ0v) is 17.5. The van der Waals surface area contributed by atoms with E-state index in [1.165, 1.54) is 10.6 Å². The normalized spacial score (nSPS) is 10.6. The number of ether oxygens (including phenoxy) is 1. The van der Waals surface area contributed by atoms with Crippen LogP contribution in [-0.4, -0.2) is 26.2 Å². The Hall–Kier alpha value is -3.89. The molecule has 0 fully saturated rings. The third-order valence-corrected chi connectivity index (χ3v) is 5.08. The Morgan fingerprint density at radius 2 is 1.97 bits per heavy atom. The number of benzene rings is 1. The number of rotatable bonds is 6. The predicted octanol–water partition coefficient (Wildman–Crippen LogP) is 3.60. The van der Waals surface area contributed by atoms with Crippen molar-refractivity contribution >= 4 is 11.6 Å². The fourth-order valence-electron chi connectivity index (χ4n) is 3.27. The lowest BCUT2D eigenvalue weighted by atomic mass is 10.1. The second-order valence-corrected chi connectivity index (χ2v) is 7.35. The standard InChI is InChI=1S/C23H18ClN5O2/c1-31-21-9-17(2-4-18(21)10-25)13-28-15-26-12-20(28)8-16-3-6-22(27-11-16)29-14-19(24)5-7-23(29)30/h2-7,9,11-12,14-15H,8,13H2,1H3. The summed E-state index contributed by atoms with van der Waals surface area (Å²) in [7, 11) is 1.55. The van der Waals surface area contributed by atoms with Gasteiger partial charge in [0.1, 0.15) is 17.6 Å². The molecule has 4 rings (SSSR count). The molecule has 0 atom stereocenters. The van der Waals surface area contributed by atoms with Gasteiger partial charge in [-0.2, -0.15) is 5.26 Å². The van der Waals surface area contributed by atoms with E-state index in [4.69, 9.17) is 21.6 Å². The fraction of sp³-hybridized carbons (Fsp3) is 0.130. The highest BCUT2D eigenvalue weighted by Gasteiger charge is 2.09. The van der Waals surface area contributed by atoms with Crippen LogP contribution in [0.15, 0.2) is 72.2 Å². The molecule has 0 saturated heterocycles. The van der Waals surface area contributed by atoms with Crippen LogP contribution in [0.25, 0.3) is 5.82 Å². The van der Waals surface area contributed by atoms with E-state index < -0.39 is 0 Å². The zero-order valence-electron chi connectivity index (χ0n) is 16.7. The van der Waals surface area contributed by atoms with E-state index >= 15 is 0 Å². The van der Waals surface area contributed by atoms with E-state index in [0.29, 0.717) is 35.1 Å². The van der Waals surface area contributed by atoms with Crippen LogP contribution in [0.1, 0.15) is 22.4 Å². The third-order valence-electron chi connectivity index (χ3n) is 4.85. The fourth-order valence-corrected chi connectivity index (χ4v) is 3.43. The van der Waals surface area contributed by atoms with Crippen molar-refractivity contribution in [3.05, 3.63) is 105 Å². The highest BCUT2D eigenvalue weighted by molar-refractivity contribution is 6.30. The van der Waals surface area contributed by atoms with Crippen LogP contribution in [0, 0.1) is 11.3 Å². The minimum absolute atomic E-state index is 0.194. The summed E-state index contributed by atoms with van der Waals surface area (Å²) in [5.41, 5.74) is 3.31. The summed E-state index contributed by atoms with van der Waals surface area (Å²) < 4.78 is 8.75. The molecule has 0 amide bonds. The number of hydrogen-bond donors (Lipinski definition) is 0. The van der Waals surface area contributed by atoms with Crippen LogP contribution < -0.4 is 10.3 Å². The molecule has 0 unspecified atom stereocenters. The maximum Gasteiger partial charge on any atom is 0.256 e. The highest BCUT2D eigenvalue weighted by atomic mass is 35.5. The van der Waals surface area contributed by atoms with Crippen molar-refractivity contribution in [1.82, 2.24) is 19.1 Å². The molecular formula is C23H18ClN5O2. The maximum atomic E-state index is 12.0. The second-order valence-electron chi connectivity index (χ2n) is 6.92. The summed E-state index contributed by atoms with van der Waals surface area (Å²) in [4.78, 5) is 20.7. The molecule has 3 aromatic heterocycles. The van der Waals surface area contributed by atoms with Crippen molar-refractivity contribution in [2.75, 3.05) is 7.11 Å². The maximum absolute atomic E-state index is 12.0. The van der Waals surface area contributed by atoms with Crippen molar-refractivity contribution in [2.45, 2.75) is 13.0 Å². The molecule has 0 bridgehead atoms. The predicted molar refractivity (Wildman–Crippen MR) is 117 cm³/mol. The van der Waals surface area contributed by atoms with Gasteiger partial charge in [0.2, 0.25) is 0 Å². The highest BCUT2D eigenvalue weighted by Crippen LogP contribution is 2.21. The van der Waals surface area contributed by atoms with Gasteiger partial charge < -0.3 is 9.30 Å². The molecule has 0 aliphatic carbocycles. The largest absolute Gasteiger partial charge is 0.495 e. The van der Waals surface area contributed by atoms with E-state index in [0.717, 1.165) is 16.8 Å². The van der Waals surface area contributed by atoms with Crippen molar-refractivity contribution in [1.29, 1.82) is 5.26 Å². The van der Waals surface area contributed by atoms with Crippen LogP contribution >= 0.6 is 11.6 Å². The second kappa shape index (κ2) is 8.86. The van der Waals surface area contributed by atoms with Gasteiger partial charge in [-0.05, 0) is 35.4 Å². The number of pyridine rings is 2. The van der Waals surface area contributed by atoms with E-state index in [1.54, 1.807) is 44.0 Å². The van der Waals surface area contributed by atoms with Gasteiger partial charge in [0.15, 0.2) is 0 Å². The quantitative estimate of drug-likeness (QED) is 0.465. The Labute approximate surface area is 183 Å². The van der Waals surface area contributed by atoms with Crippen LogP contribution in [-0.2, 0) is 13.0 Å². The number of hydrogen-bond acceptors (Lipinski definition) is 5. The lowest BCUT2D eigenvalue weighted by Gasteiger charge is -2.11. The zero-order chi connectivity index (χ0) is 21.8. The van der Waals surface area contributed by atoms with Crippen LogP contribution in [0.4, 0.5) is 0 Å². The van der Waals surface area contributed by atoms with E-state index in [1.807, 2.05) is 29.0 Å². The van der Waals surface area contributed by atoms with Crippen LogP contribution in [0.5, 0.6) is 5.75 Å². The molecule has 1 aromatic carbocycles. The molecule has 0 radical (unpaired) electrons. The van der Waals surface area contributed by atoms with Gasteiger partial charge >= 0.3 is 0 Å². The number of halogens is 1. The van der Waals surface area contributed by atoms with Gasteiger partial charge in [0.05, 0.1) is 24.0 Å². The van der Waals surface area contributed by atoms with E-state index in [9.17, 15) is 4.79 Å². The molecule has 0 aliphatic rings. The molecule has 0 N–H and O–H groups in total. The van der Waals surface area contributed by atoms with Crippen LogP contribution in [0.2, 0.25) is 5.02 Å². The Bertz CT molecular complexity index is 1320. The molecule has 154 valence electrons. The molecule has 3 heterocycles. The van der Waals surface area contributed by atoms with E-state index in [2.05, 4.69) is 16.0 Å². The number of nitrogens with zero attached hydrogens (tertiary/aromatic N) is 5. The van der Waals surface area contributed by atoms with Crippen molar-refractivity contribution in [3.8, 4) is 17.6 Å². The Morgan fingerprint density at radius 3 is 2.71 bits per heavy atom. The number of methoxy groups -OCH3 is 1. The summed E-state index contributed by atoms with van der Waals surface area (Å²) in [5, 5.41) is 9.62. The van der Waals surface area contributed by atoms with Gasteiger partial charge in [-0.3, -0.25) is 9.36 Å². The van der Waals surface area contributed by atoms with Crippen molar-refractivity contribution < 1.29 is 4.74 Å². The summed E-state index contributed by atoms with van der Waals surface area (Å²) >= 11 is 5.99. The topological polar surface area (TPSA) is 85.7 Å². The first-order chi connectivity index (χ1) is 15.1. The SMILES string of the molecule is COc1cc(Cn2cncc2Cc2ccc(-n3cc(Cl)ccc3=O)nc2)ccc1C#N.